The summed E-state index contributed by atoms with van der Waals surface area (Å²) in [5, 5.41) is 0. The zero-order chi connectivity index (χ0) is 13.3. The minimum atomic E-state index is -0.236. The number of hydrogen-bond donors (Lipinski definition) is 0. The van der Waals surface area contributed by atoms with Gasteiger partial charge in [0.2, 0.25) is 0 Å². The van der Waals surface area contributed by atoms with Gasteiger partial charge in [-0.25, -0.2) is 9.37 Å². The van der Waals surface area contributed by atoms with Gasteiger partial charge in [-0.1, -0.05) is 26.8 Å². The monoisotopic (exact) mass is 310 g/mol. The first-order valence-corrected chi connectivity index (χ1v) is 6.63. The van der Waals surface area contributed by atoms with Crippen molar-refractivity contribution in [1.29, 1.82) is 0 Å². The van der Waals surface area contributed by atoms with Crippen LogP contribution in [-0.4, -0.2) is 9.55 Å². The van der Waals surface area contributed by atoms with Gasteiger partial charge in [-0.3, -0.25) is 0 Å². The Balaban J connectivity index is 2.29. The molecule has 0 N–H and O–H groups in total. The Bertz CT molecular complexity index is 555. The van der Waals surface area contributed by atoms with Gasteiger partial charge in [-0.15, -0.1) is 0 Å². The standard InChI is InChI=1S/C14H16BrFN2/c1-14(2,3)13-17-6-7-18(13)9-10-4-5-12(16)11(15)8-10/h4-8H,9H2,1-3H3. The van der Waals surface area contributed by atoms with E-state index in [-0.39, 0.29) is 11.2 Å². The molecule has 18 heavy (non-hydrogen) atoms. The van der Waals surface area contributed by atoms with Crippen molar-refractivity contribution in [3.05, 3.63) is 52.3 Å². The molecular formula is C14H16BrFN2. The second kappa shape index (κ2) is 4.84. The maximum atomic E-state index is 13.2. The van der Waals surface area contributed by atoms with Gasteiger partial charge in [0.15, 0.2) is 0 Å². The maximum Gasteiger partial charge on any atom is 0.137 e. The van der Waals surface area contributed by atoms with Crippen molar-refractivity contribution in [3.63, 3.8) is 0 Å². The summed E-state index contributed by atoms with van der Waals surface area (Å²) in [7, 11) is 0. The van der Waals surface area contributed by atoms with E-state index < -0.39 is 0 Å². The largest absolute Gasteiger partial charge is 0.330 e. The Hall–Kier alpha value is -1.16. The van der Waals surface area contributed by atoms with E-state index in [1.54, 1.807) is 12.3 Å². The molecule has 96 valence electrons. The van der Waals surface area contributed by atoms with Gasteiger partial charge in [-0.2, -0.15) is 0 Å². The van der Waals surface area contributed by atoms with Crippen molar-refractivity contribution in [2.45, 2.75) is 32.7 Å². The first-order valence-electron chi connectivity index (χ1n) is 5.83. The second-order valence-corrected chi connectivity index (χ2v) is 6.23. The van der Waals surface area contributed by atoms with Crippen molar-refractivity contribution in [2.24, 2.45) is 0 Å². The fraction of sp³-hybridized carbons (Fsp3) is 0.357. The zero-order valence-electron chi connectivity index (χ0n) is 10.7. The molecule has 0 spiro atoms. The molecule has 2 aromatic rings. The highest BCUT2D eigenvalue weighted by atomic mass is 79.9. The van der Waals surface area contributed by atoms with Gasteiger partial charge in [0, 0.05) is 24.4 Å². The van der Waals surface area contributed by atoms with Crippen molar-refractivity contribution in [2.75, 3.05) is 0 Å². The minimum absolute atomic E-state index is 0.000756. The molecule has 0 aliphatic heterocycles. The van der Waals surface area contributed by atoms with E-state index in [0.717, 1.165) is 11.4 Å². The van der Waals surface area contributed by atoms with Gasteiger partial charge in [0.05, 0.1) is 4.47 Å². The number of halogens is 2. The Kier molecular flexibility index (Phi) is 3.57. The highest BCUT2D eigenvalue weighted by Crippen LogP contribution is 2.22. The molecule has 0 atom stereocenters. The molecule has 0 saturated carbocycles. The lowest BCUT2D eigenvalue weighted by molar-refractivity contribution is 0.511. The molecular weight excluding hydrogens is 295 g/mol. The van der Waals surface area contributed by atoms with Gasteiger partial charge in [0.25, 0.3) is 0 Å². The Morgan fingerprint density at radius 3 is 2.67 bits per heavy atom. The summed E-state index contributed by atoms with van der Waals surface area (Å²) in [5.74, 6) is 0.795. The third-order valence-corrected chi connectivity index (χ3v) is 3.33. The zero-order valence-corrected chi connectivity index (χ0v) is 12.3. The van der Waals surface area contributed by atoms with Crippen LogP contribution in [0.25, 0.3) is 0 Å². The molecule has 1 heterocycles. The number of nitrogens with zero attached hydrogens (tertiary/aromatic N) is 2. The number of aromatic nitrogens is 2. The average Bonchev–Trinajstić information content (AvgIpc) is 2.71. The van der Waals surface area contributed by atoms with E-state index in [2.05, 4.69) is 46.3 Å². The van der Waals surface area contributed by atoms with Crippen LogP contribution >= 0.6 is 15.9 Å². The summed E-state index contributed by atoms with van der Waals surface area (Å²) in [6.45, 7) is 7.09. The third kappa shape index (κ3) is 2.80. The normalized spacial score (nSPS) is 11.8. The van der Waals surface area contributed by atoms with Gasteiger partial charge >= 0.3 is 0 Å². The third-order valence-electron chi connectivity index (χ3n) is 2.72. The second-order valence-electron chi connectivity index (χ2n) is 5.38. The fourth-order valence-electron chi connectivity index (χ4n) is 1.92. The molecule has 0 saturated heterocycles. The minimum Gasteiger partial charge on any atom is -0.330 e. The van der Waals surface area contributed by atoms with Crippen molar-refractivity contribution >= 4 is 15.9 Å². The number of benzene rings is 1. The van der Waals surface area contributed by atoms with E-state index in [1.807, 2.05) is 12.3 Å². The predicted molar refractivity (Wildman–Crippen MR) is 74.1 cm³/mol. The van der Waals surface area contributed by atoms with Crippen molar-refractivity contribution in [1.82, 2.24) is 9.55 Å². The SMILES string of the molecule is CC(C)(C)c1nccn1Cc1ccc(F)c(Br)c1. The van der Waals surface area contributed by atoms with Crippen LogP contribution in [0.15, 0.2) is 35.1 Å². The lowest BCUT2D eigenvalue weighted by atomic mass is 9.95. The highest BCUT2D eigenvalue weighted by molar-refractivity contribution is 9.10. The van der Waals surface area contributed by atoms with Crippen LogP contribution in [0.2, 0.25) is 0 Å². The van der Waals surface area contributed by atoms with E-state index in [4.69, 9.17) is 0 Å². The summed E-state index contributed by atoms with van der Waals surface area (Å²) in [5.41, 5.74) is 1.05. The molecule has 0 aliphatic carbocycles. The molecule has 2 nitrogen and oxygen atoms in total. The molecule has 0 unspecified atom stereocenters. The summed E-state index contributed by atoms with van der Waals surface area (Å²) in [6, 6.07) is 5.08. The van der Waals surface area contributed by atoms with Crippen LogP contribution in [0.4, 0.5) is 4.39 Å². The molecule has 1 aromatic heterocycles. The summed E-state index contributed by atoms with van der Waals surface area (Å²) < 4.78 is 15.8. The van der Waals surface area contributed by atoms with Gasteiger partial charge < -0.3 is 4.57 Å². The van der Waals surface area contributed by atoms with Crippen LogP contribution in [0.5, 0.6) is 0 Å². The maximum absolute atomic E-state index is 13.2. The van der Waals surface area contributed by atoms with Gasteiger partial charge in [0.1, 0.15) is 11.6 Å². The first kappa shape index (κ1) is 13.3. The van der Waals surface area contributed by atoms with Crippen LogP contribution < -0.4 is 0 Å². The number of rotatable bonds is 2. The van der Waals surface area contributed by atoms with Crippen molar-refractivity contribution < 1.29 is 4.39 Å². The van der Waals surface area contributed by atoms with Crippen molar-refractivity contribution in [3.8, 4) is 0 Å². The molecule has 0 aliphatic rings. The predicted octanol–water partition coefficient (Wildman–Crippen LogP) is 4.13. The van der Waals surface area contributed by atoms with Crippen LogP contribution in [0, 0.1) is 5.82 Å². The summed E-state index contributed by atoms with van der Waals surface area (Å²) in [6.07, 6.45) is 3.76. The highest BCUT2D eigenvalue weighted by Gasteiger charge is 2.19. The topological polar surface area (TPSA) is 17.8 Å². The molecule has 2 rings (SSSR count). The van der Waals surface area contributed by atoms with Crippen LogP contribution in [0.1, 0.15) is 32.2 Å². The molecule has 0 bridgehead atoms. The molecule has 0 fully saturated rings. The quantitative estimate of drug-likeness (QED) is 0.815. The molecule has 0 radical (unpaired) electrons. The van der Waals surface area contributed by atoms with E-state index in [0.29, 0.717) is 11.0 Å². The van der Waals surface area contributed by atoms with Crippen LogP contribution in [-0.2, 0) is 12.0 Å². The first-order chi connectivity index (χ1) is 8.38. The average molecular weight is 311 g/mol. The number of hydrogen-bond acceptors (Lipinski definition) is 1. The Morgan fingerprint density at radius 1 is 1.33 bits per heavy atom. The van der Waals surface area contributed by atoms with Crippen LogP contribution in [0.3, 0.4) is 0 Å². The lowest BCUT2D eigenvalue weighted by Crippen LogP contribution is -2.19. The summed E-state index contributed by atoms with van der Waals surface area (Å²) >= 11 is 3.21. The van der Waals surface area contributed by atoms with E-state index in [1.165, 1.54) is 6.07 Å². The molecule has 1 aromatic carbocycles. The fourth-order valence-corrected chi connectivity index (χ4v) is 2.34. The summed E-state index contributed by atoms with van der Waals surface area (Å²) in [4.78, 5) is 4.40. The molecule has 0 amide bonds. The van der Waals surface area contributed by atoms with Gasteiger partial charge in [-0.05, 0) is 33.6 Å². The number of imidazole rings is 1. The Labute approximate surface area is 115 Å². The van der Waals surface area contributed by atoms with E-state index >= 15 is 0 Å². The molecule has 4 heteroatoms. The lowest BCUT2D eigenvalue weighted by Gasteiger charge is -2.19. The smallest absolute Gasteiger partial charge is 0.137 e. The Morgan fingerprint density at radius 2 is 2.06 bits per heavy atom. The van der Waals surface area contributed by atoms with E-state index in [9.17, 15) is 4.39 Å².